The molecule has 0 saturated carbocycles. The molecule has 6 heteroatoms. The molecule has 2 rings (SSSR count). The lowest BCUT2D eigenvalue weighted by molar-refractivity contribution is 0.170. The Morgan fingerprint density at radius 3 is 1.62 bits per heavy atom. The number of amides is 2. The van der Waals surface area contributed by atoms with Crippen LogP contribution in [0.3, 0.4) is 0 Å². The Labute approximate surface area is 133 Å². The Balaban J connectivity index is 2.08. The maximum atomic E-state index is 11.1. The zero-order chi connectivity index (χ0) is 15.2. The van der Waals surface area contributed by atoms with Gasteiger partial charge in [-0.25, -0.2) is 9.80 Å². The topological polar surface area (TPSA) is 58.4 Å². The summed E-state index contributed by atoms with van der Waals surface area (Å²) in [7, 11) is 0. The predicted octanol–water partition coefficient (Wildman–Crippen LogP) is 3.58. The fourth-order valence-corrected chi connectivity index (χ4v) is 2.16. The molecular formula is C15H15Cl2N3O. The van der Waals surface area contributed by atoms with Gasteiger partial charge < -0.3 is 5.73 Å². The maximum absolute atomic E-state index is 11.1. The number of urea groups is 1. The normalized spacial score (nSPS) is 10.6. The summed E-state index contributed by atoms with van der Waals surface area (Å²) < 4.78 is 0. The smallest absolute Gasteiger partial charge is 0.326 e. The number of halogens is 2. The van der Waals surface area contributed by atoms with E-state index in [0.717, 1.165) is 11.1 Å². The van der Waals surface area contributed by atoms with Crippen LogP contribution in [0.25, 0.3) is 0 Å². The average molecular weight is 324 g/mol. The first-order valence-electron chi connectivity index (χ1n) is 6.33. The molecule has 2 aromatic carbocycles. The van der Waals surface area contributed by atoms with E-state index in [1.54, 1.807) is 5.01 Å². The second-order valence-corrected chi connectivity index (χ2v) is 5.46. The lowest BCUT2D eigenvalue weighted by atomic mass is 10.2. The lowest BCUT2D eigenvalue weighted by Gasteiger charge is -2.22. The summed E-state index contributed by atoms with van der Waals surface area (Å²) in [6.07, 6.45) is 0. The van der Waals surface area contributed by atoms with Crippen LogP contribution in [0.5, 0.6) is 0 Å². The first-order chi connectivity index (χ1) is 10.0. The van der Waals surface area contributed by atoms with E-state index < -0.39 is 6.03 Å². The van der Waals surface area contributed by atoms with E-state index in [-0.39, 0.29) is 0 Å². The molecule has 0 radical (unpaired) electrons. The molecule has 2 aromatic rings. The van der Waals surface area contributed by atoms with Crippen LogP contribution in [0, 0.1) is 0 Å². The third kappa shape index (κ3) is 5.27. The van der Waals surface area contributed by atoms with Gasteiger partial charge in [-0.05, 0) is 35.4 Å². The number of hydrogen-bond donors (Lipinski definition) is 2. The van der Waals surface area contributed by atoms with Crippen molar-refractivity contribution in [3.8, 4) is 0 Å². The van der Waals surface area contributed by atoms with Crippen molar-refractivity contribution in [2.75, 3.05) is 0 Å². The van der Waals surface area contributed by atoms with E-state index in [0.29, 0.717) is 23.1 Å². The molecule has 0 atom stereocenters. The number of hydrogen-bond acceptors (Lipinski definition) is 2. The molecular weight excluding hydrogens is 309 g/mol. The number of nitrogens with zero attached hydrogens (tertiary/aromatic N) is 1. The number of nitrogens with two attached hydrogens (primary N) is 1. The van der Waals surface area contributed by atoms with Crippen LogP contribution >= 0.6 is 23.2 Å². The largest absolute Gasteiger partial charge is 0.351 e. The standard InChI is InChI=1S/C15H15Cl2N3O/c16-13-5-1-11(2-6-13)9-20(19-15(18)21)10-12-3-7-14(17)8-4-12/h1-8H,9-10H2,(H3,18,19,21). The molecule has 0 fully saturated rings. The molecule has 0 saturated heterocycles. The average Bonchev–Trinajstić information content (AvgIpc) is 2.43. The zero-order valence-electron chi connectivity index (χ0n) is 11.2. The summed E-state index contributed by atoms with van der Waals surface area (Å²) in [5.74, 6) is 0. The highest BCUT2D eigenvalue weighted by molar-refractivity contribution is 6.30. The molecule has 0 aromatic heterocycles. The van der Waals surface area contributed by atoms with Gasteiger partial charge in [0.05, 0.1) is 0 Å². The van der Waals surface area contributed by atoms with Crippen molar-refractivity contribution in [3.05, 3.63) is 69.7 Å². The molecule has 3 N–H and O–H groups in total. The van der Waals surface area contributed by atoms with Crippen molar-refractivity contribution in [1.29, 1.82) is 0 Å². The van der Waals surface area contributed by atoms with Crippen molar-refractivity contribution in [3.63, 3.8) is 0 Å². The van der Waals surface area contributed by atoms with Crippen molar-refractivity contribution >= 4 is 29.2 Å². The highest BCUT2D eigenvalue weighted by atomic mass is 35.5. The minimum Gasteiger partial charge on any atom is -0.351 e. The van der Waals surface area contributed by atoms with Gasteiger partial charge in [-0.3, -0.25) is 5.43 Å². The monoisotopic (exact) mass is 323 g/mol. The van der Waals surface area contributed by atoms with Crippen LogP contribution in [-0.4, -0.2) is 11.0 Å². The van der Waals surface area contributed by atoms with Crippen LogP contribution in [0.4, 0.5) is 4.79 Å². The first kappa shape index (κ1) is 15.6. The molecule has 110 valence electrons. The number of primary amides is 1. The van der Waals surface area contributed by atoms with E-state index in [2.05, 4.69) is 5.43 Å². The van der Waals surface area contributed by atoms with Gasteiger partial charge in [0.2, 0.25) is 0 Å². The van der Waals surface area contributed by atoms with Gasteiger partial charge >= 0.3 is 6.03 Å². The van der Waals surface area contributed by atoms with Gasteiger partial charge in [-0.1, -0.05) is 47.5 Å². The summed E-state index contributed by atoms with van der Waals surface area (Å²) in [6, 6.07) is 14.2. The Hall–Kier alpha value is -1.75. The van der Waals surface area contributed by atoms with Gasteiger partial charge in [-0.2, -0.15) is 0 Å². The molecule has 4 nitrogen and oxygen atoms in total. The number of rotatable bonds is 5. The van der Waals surface area contributed by atoms with Gasteiger partial charge in [0.1, 0.15) is 0 Å². The molecule has 21 heavy (non-hydrogen) atoms. The van der Waals surface area contributed by atoms with Gasteiger partial charge in [0, 0.05) is 23.1 Å². The van der Waals surface area contributed by atoms with Crippen molar-refractivity contribution < 1.29 is 4.79 Å². The highest BCUT2D eigenvalue weighted by Gasteiger charge is 2.09. The van der Waals surface area contributed by atoms with Crippen LogP contribution in [0.15, 0.2) is 48.5 Å². The minimum atomic E-state index is -0.599. The highest BCUT2D eigenvalue weighted by Crippen LogP contribution is 2.14. The predicted molar refractivity (Wildman–Crippen MR) is 84.9 cm³/mol. The maximum Gasteiger partial charge on any atom is 0.326 e. The second-order valence-electron chi connectivity index (χ2n) is 4.59. The van der Waals surface area contributed by atoms with Crippen molar-refractivity contribution in [2.45, 2.75) is 13.1 Å². The lowest BCUT2D eigenvalue weighted by Crippen LogP contribution is -2.44. The molecule has 0 spiro atoms. The number of nitrogens with one attached hydrogen (secondary N) is 1. The number of carbonyl (C=O) groups excluding carboxylic acids is 1. The Morgan fingerprint density at radius 2 is 1.29 bits per heavy atom. The van der Waals surface area contributed by atoms with E-state index in [1.807, 2.05) is 48.5 Å². The fourth-order valence-electron chi connectivity index (χ4n) is 1.91. The number of carbonyl (C=O) groups is 1. The first-order valence-corrected chi connectivity index (χ1v) is 7.08. The SMILES string of the molecule is NC(=O)NN(Cc1ccc(Cl)cc1)Cc1ccc(Cl)cc1. The minimum absolute atomic E-state index is 0.517. The van der Waals surface area contributed by atoms with Crippen molar-refractivity contribution in [2.24, 2.45) is 5.73 Å². The Bertz CT molecular complexity index is 552. The summed E-state index contributed by atoms with van der Waals surface area (Å²) >= 11 is 11.7. The van der Waals surface area contributed by atoms with Crippen LogP contribution in [0.2, 0.25) is 10.0 Å². The fraction of sp³-hybridized carbons (Fsp3) is 0.133. The number of hydrazine groups is 1. The molecule has 0 bridgehead atoms. The molecule has 0 unspecified atom stereocenters. The Morgan fingerprint density at radius 1 is 0.905 bits per heavy atom. The molecule has 0 aliphatic rings. The van der Waals surface area contributed by atoms with Crippen LogP contribution in [-0.2, 0) is 13.1 Å². The molecule has 0 heterocycles. The van der Waals surface area contributed by atoms with E-state index in [4.69, 9.17) is 28.9 Å². The van der Waals surface area contributed by atoms with Crippen molar-refractivity contribution in [1.82, 2.24) is 10.4 Å². The third-order valence-corrected chi connectivity index (χ3v) is 3.35. The molecule has 0 aliphatic carbocycles. The second kappa shape index (κ2) is 7.31. The summed E-state index contributed by atoms with van der Waals surface area (Å²) in [5.41, 5.74) is 9.86. The summed E-state index contributed by atoms with van der Waals surface area (Å²) in [6.45, 7) is 1.03. The van der Waals surface area contributed by atoms with Gasteiger partial charge in [-0.15, -0.1) is 0 Å². The van der Waals surface area contributed by atoms with Crippen LogP contribution < -0.4 is 11.2 Å². The summed E-state index contributed by atoms with van der Waals surface area (Å²) in [5, 5.41) is 3.08. The van der Waals surface area contributed by atoms with Gasteiger partial charge in [0.15, 0.2) is 0 Å². The Kier molecular flexibility index (Phi) is 5.44. The third-order valence-electron chi connectivity index (χ3n) is 2.84. The zero-order valence-corrected chi connectivity index (χ0v) is 12.7. The van der Waals surface area contributed by atoms with Gasteiger partial charge in [0.25, 0.3) is 0 Å². The summed E-state index contributed by atoms with van der Waals surface area (Å²) in [4.78, 5) is 11.1. The number of benzene rings is 2. The van der Waals surface area contributed by atoms with E-state index in [1.165, 1.54) is 0 Å². The van der Waals surface area contributed by atoms with Crippen LogP contribution in [0.1, 0.15) is 11.1 Å². The quantitative estimate of drug-likeness (QED) is 0.826. The van der Waals surface area contributed by atoms with E-state index in [9.17, 15) is 4.79 Å². The van der Waals surface area contributed by atoms with E-state index >= 15 is 0 Å². The molecule has 0 aliphatic heterocycles. The molecule has 2 amide bonds.